The Labute approximate surface area is 159 Å². The van der Waals surface area contributed by atoms with Crippen molar-refractivity contribution in [3.8, 4) is 11.3 Å². The van der Waals surface area contributed by atoms with Crippen LogP contribution >= 0.6 is 0 Å². The summed E-state index contributed by atoms with van der Waals surface area (Å²) < 4.78 is 15.1. The first kappa shape index (κ1) is 17.0. The van der Waals surface area contributed by atoms with Crippen LogP contribution in [0.15, 0.2) is 24.3 Å². The number of rotatable bonds is 4. The maximum atomic E-state index is 13.3. The highest BCUT2D eigenvalue weighted by molar-refractivity contribution is 5.94. The van der Waals surface area contributed by atoms with E-state index in [1.54, 1.807) is 16.8 Å². The van der Waals surface area contributed by atoms with Crippen molar-refractivity contribution in [2.75, 3.05) is 5.32 Å². The van der Waals surface area contributed by atoms with E-state index in [4.69, 9.17) is 5.10 Å². The van der Waals surface area contributed by atoms with E-state index in [0.29, 0.717) is 11.3 Å². The maximum Gasteiger partial charge on any atom is 0.228 e. The zero-order valence-corrected chi connectivity index (χ0v) is 15.8. The molecule has 5 heteroatoms. The predicted octanol–water partition coefficient (Wildman–Crippen LogP) is 5.01. The van der Waals surface area contributed by atoms with Crippen molar-refractivity contribution in [2.24, 2.45) is 18.4 Å². The Morgan fingerprint density at radius 2 is 1.89 bits per heavy atom. The zero-order chi connectivity index (χ0) is 18.6. The third-order valence-electron chi connectivity index (χ3n) is 7.10. The minimum Gasteiger partial charge on any atom is -0.310 e. The number of nitrogens with zero attached hydrogens (tertiary/aromatic N) is 2. The molecule has 1 heterocycles. The predicted molar refractivity (Wildman–Crippen MR) is 103 cm³/mol. The molecule has 3 fully saturated rings. The lowest BCUT2D eigenvalue weighted by molar-refractivity contribution is -0.131. The number of carbonyl (C=O) groups is 1. The van der Waals surface area contributed by atoms with Crippen LogP contribution in [0.4, 0.5) is 10.2 Å². The molecule has 0 aliphatic heterocycles. The first-order valence-electron chi connectivity index (χ1n) is 10.2. The standard InChI is InChI=1S/C22H26FN3O/c1-26-20(24-21(27)16-12-22(13-16)10-3-11-22)18(14-4-2-5-14)19(25-26)15-6-8-17(23)9-7-15/h6-9,14,16H,2-5,10-13H2,1H3,(H,24,27). The van der Waals surface area contributed by atoms with Crippen LogP contribution in [0.2, 0.25) is 0 Å². The zero-order valence-electron chi connectivity index (χ0n) is 15.8. The van der Waals surface area contributed by atoms with Gasteiger partial charge in [0, 0.05) is 24.1 Å². The van der Waals surface area contributed by atoms with E-state index in [0.717, 1.165) is 48.3 Å². The quantitative estimate of drug-likeness (QED) is 0.825. The monoisotopic (exact) mass is 367 g/mol. The Hall–Kier alpha value is -2.17. The Morgan fingerprint density at radius 3 is 2.44 bits per heavy atom. The number of amides is 1. The Balaban J connectivity index is 1.43. The average molecular weight is 367 g/mol. The Kier molecular flexibility index (Phi) is 3.88. The number of anilines is 1. The molecule has 0 atom stereocenters. The fourth-order valence-electron chi connectivity index (χ4n) is 5.07. The normalized spacial score (nSPS) is 21.4. The topological polar surface area (TPSA) is 46.9 Å². The van der Waals surface area contributed by atoms with E-state index in [1.807, 2.05) is 7.05 Å². The lowest BCUT2D eigenvalue weighted by Crippen LogP contribution is -2.47. The average Bonchev–Trinajstić information content (AvgIpc) is 2.81. The minimum absolute atomic E-state index is 0.141. The Morgan fingerprint density at radius 1 is 1.19 bits per heavy atom. The number of carbonyl (C=O) groups excluding carboxylic acids is 1. The summed E-state index contributed by atoms with van der Waals surface area (Å²) in [6.45, 7) is 0. The molecule has 2 aromatic rings. The largest absolute Gasteiger partial charge is 0.310 e. The summed E-state index contributed by atoms with van der Waals surface area (Å²) in [7, 11) is 1.89. The van der Waals surface area contributed by atoms with Gasteiger partial charge in [-0.1, -0.05) is 12.8 Å². The second-order valence-corrected chi connectivity index (χ2v) is 8.82. The summed E-state index contributed by atoms with van der Waals surface area (Å²) in [5.41, 5.74) is 3.40. The molecule has 1 aromatic carbocycles. The number of hydrogen-bond donors (Lipinski definition) is 1. The van der Waals surface area contributed by atoms with E-state index >= 15 is 0 Å². The number of benzene rings is 1. The number of aryl methyl sites for hydroxylation is 1. The molecule has 0 radical (unpaired) electrons. The van der Waals surface area contributed by atoms with Crippen molar-refractivity contribution in [2.45, 2.75) is 57.3 Å². The van der Waals surface area contributed by atoms with Gasteiger partial charge in [-0.25, -0.2) is 4.39 Å². The molecule has 0 saturated heterocycles. The second kappa shape index (κ2) is 6.18. The van der Waals surface area contributed by atoms with Gasteiger partial charge in [0.25, 0.3) is 0 Å². The van der Waals surface area contributed by atoms with Crippen molar-refractivity contribution < 1.29 is 9.18 Å². The molecule has 3 aliphatic rings. The first-order valence-corrected chi connectivity index (χ1v) is 10.2. The van der Waals surface area contributed by atoms with Gasteiger partial charge in [0.15, 0.2) is 0 Å². The molecule has 3 aliphatic carbocycles. The van der Waals surface area contributed by atoms with Gasteiger partial charge < -0.3 is 5.32 Å². The molecule has 142 valence electrons. The molecule has 1 spiro atoms. The van der Waals surface area contributed by atoms with Gasteiger partial charge in [-0.15, -0.1) is 0 Å². The number of aromatic nitrogens is 2. The van der Waals surface area contributed by atoms with Gasteiger partial charge in [0.05, 0.1) is 5.69 Å². The SMILES string of the molecule is Cn1nc(-c2ccc(F)cc2)c(C2CCC2)c1NC(=O)C1CC2(CCC2)C1. The number of halogens is 1. The van der Waals surface area contributed by atoms with Gasteiger partial charge in [0.1, 0.15) is 11.6 Å². The molecule has 0 bridgehead atoms. The van der Waals surface area contributed by atoms with Crippen LogP contribution in [0.1, 0.15) is 62.8 Å². The van der Waals surface area contributed by atoms with Crippen LogP contribution in [0, 0.1) is 17.2 Å². The van der Waals surface area contributed by atoms with Crippen LogP contribution in [-0.2, 0) is 11.8 Å². The van der Waals surface area contributed by atoms with Crippen molar-refractivity contribution in [1.82, 2.24) is 9.78 Å². The summed E-state index contributed by atoms with van der Waals surface area (Å²) in [5, 5.41) is 7.91. The molecule has 1 N–H and O–H groups in total. The second-order valence-electron chi connectivity index (χ2n) is 8.82. The van der Waals surface area contributed by atoms with Crippen LogP contribution in [0.25, 0.3) is 11.3 Å². The van der Waals surface area contributed by atoms with E-state index in [-0.39, 0.29) is 17.6 Å². The van der Waals surface area contributed by atoms with Gasteiger partial charge >= 0.3 is 0 Å². The van der Waals surface area contributed by atoms with Crippen molar-refractivity contribution in [3.05, 3.63) is 35.6 Å². The van der Waals surface area contributed by atoms with E-state index in [2.05, 4.69) is 5.32 Å². The molecule has 3 saturated carbocycles. The lowest BCUT2D eigenvalue weighted by Gasteiger charge is -2.53. The highest BCUT2D eigenvalue weighted by Crippen LogP contribution is 2.59. The molecular formula is C22H26FN3O. The van der Waals surface area contributed by atoms with Gasteiger partial charge in [-0.2, -0.15) is 5.10 Å². The van der Waals surface area contributed by atoms with E-state index in [1.165, 1.54) is 37.8 Å². The summed E-state index contributed by atoms with van der Waals surface area (Å²) in [5.74, 6) is 1.29. The van der Waals surface area contributed by atoms with Gasteiger partial charge in [-0.05, 0) is 74.1 Å². The van der Waals surface area contributed by atoms with Gasteiger partial charge in [-0.3, -0.25) is 9.48 Å². The highest BCUT2D eigenvalue weighted by Gasteiger charge is 2.50. The van der Waals surface area contributed by atoms with Crippen LogP contribution in [0.5, 0.6) is 0 Å². The van der Waals surface area contributed by atoms with Crippen molar-refractivity contribution in [3.63, 3.8) is 0 Å². The highest BCUT2D eigenvalue weighted by atomic mass is 19.1. The summed E-state index contributed by atoms with van der Waals surface area (Å²) in [6.07, 6.45) is 9.45. The molecule has 4 nitrogen and oxygen atoms in total. The van der Waals surface area contributed by atoms with Crippen LogP contribution in [-0.4, -0.2) is 15.7 Å². The summed E-state index contributed by atoms with van der Waals surface area (Å²) in [6, 6.07) is 6.49. The molecule has 0 unspecified atom stereocenters. The Bertz CT molecular complexity index is 870. The van der Waals surface area contributed by atoms with E-state index < -0.39 is 0 Å². The molecular weight excluding hydrogens is 341 g/mol. The number of nitrogens with one attached hydrogen (secondary N) is 1. The maximum absolute atomic E-state index is 13.3. The van der Waals surface area contributed by atoms with Gasteiger partial charge in [0.2, 0.25) is 5.91 Å². The third-order valence-corrected chi connectivity index (χ3v) is 7.10. The summed E-state index contributed by atoms with van der Waals surface area (Å²) in [4.78, 5) is 12.8. The molecule has 1 aromatic heterocycles. The first-order chi connectivity index (χ1) is 13.0. The molecule has 1 amide bonds. The van der Waals surface area contributed by atoms with Crippen LogP contribution < -0.4 is 5.32 Å². The fraction of sp³-hybridized carbons (Fsp3) is 0.545. The molecule has 5 rings (SSSR count). The minimum atomic E-state index is -0.247. The van der Waals surface area contributed by atoms with E-state index in [9.17, 15) is 9.18 Å². The molecule has 27 heavy (non-hydrogen) atoms. The third kappa shape index (κ3) is 2.79. The fourth-order valence-corrected chi connectivity index (χ4v) is 5.07. The van der Waals surface area contributed by atoms with Crippen molar-refractivity contribution >= 4 is 11.7 Å². The number of hydrogen-bond acceptors (Lipinski definition) is 2. The summed E-state index contributed by atoms with van der Waals surface area (Å²) >= 11 is 0. The lowest BCUT2D eigenvalue weighted by atomic mass is 9.51. The smallest absolute Gasteiger partial charge is 0.228 e. The van der Waals surface area contributed by atoms with Crippen LogP contribution in [0.3, 0.4) is 0 Å². The van der Waals surface area contributed by atoms with Crippen molar-refractivity contribution in [1.29, 1.82) is 0 Å².